The van der Waals surface area contributed by atoms with Crippen molar-refractivity contribution in [2.75, 3.05) is 11.9 Å². The van der Waals surface area contributed by atoms with Crippen LogP contribution in [0.4, 0.5) is 5.69 Å². The van der Waals surface area contributed by atoms with Crippen LogP contribution in [0.2, 0.25) is 0 Å². The van der Waals surface area contributed by atoms with E-state index in [2.05, 4.69) is 10.0 Å². The maximum absolute atomic E-state index is 12.6. The third kappa shape index (κ3) is 5.83. The Balaban J connectivity index is 1.54. The fraction of sp³-hybridized carbons (Fsp3) is 0.435. The van der Waals surface area contributed by atoms with Gasteiger partial charge in [0.25, 0.3) is 0 Å². The fourth-order valence-corrected chi connectivity index (χ4v) is 4.68. The van der Waals surface area contributed by atoms with E-state index >= 15 is 0 Å². The molecule has 0 fully saturated rings. The first kappa shape index (κ1) is 22.3. The summed E-state index contributed by atoms with van der Waals surface area (Å²) in [6, 6.07) is 10.8. The molecule has 0 saturated heterocycles. The number of carbonyl (C=O) groups excluding carboxylic acids is 1. The van der Waals surface area contributed by atoms with E-state index in [1.54, 1.807) is 24.3 Å². The van der Waals surface area contributed by atoms with Gasteiger partial charge in [0.15, 0.2) is 0 Å². The SMILES string of the molecule is Cc1cc(OC(C)C)ccc1NC(=O)CCNS(=O)(=O)c1ccc2c(c1)CCCC2. The third-order valence-electron chi connectivity index (χ3n) is 5.12. The highest BCUT2D eigenvalue weighted by Crippen LogP contribution is 2.24. The van der Waals surface area contributed by atoms with E-state index in [0.717, 1.165) is 42.6 Å². The maximum atomic E-state index is 12.6. The first-order valence-corrected chi connectivity index (χ1v) is 11.9. The van der Waals surface area contributed by atoms with Crippen molar-refractivity contribution in [3.63, 3.8) is 0 Å². The predicted octanol–water partition coefficient (Wildman–Crippen LogP) is 3.97. The molecule has 162 valence electrons. The van der Waals surface area contributed by atoms with E-state index in [9.17, 15) is 13.2 Å². The lowest BCUT2D eigenvalue weighted by atomic mass is 9.92. The van der Waals surface area contributed by atoms with Gasteiger partial charge in [0.1, 0.15) is 5.75 Å². The van der Waals surface area contributed by atoms with Gasteiger partial charge >= 0.3 is 0 Å². The molecule has 6 nitrogen and oxygen atoms in total. The molecular weight excluding hydrogens is 400 g/mol. The van der Waals surface area contributed by atoms with Crippen LogP contribution in [0.1, 0.15) is 49.8 Å². The summed E-state index contributed by atoms with van der Waals surface area (Å²) in [5.74, 6) is 0.502. The first-order chi connectivity index (χ1) is 14.2. The fourth-order valence-electron chi connectivity index (χ4n) is 3.59. The van der Waals surface area contributed by atoms with Crippen LogP contribution in [0.25, 0.3) is 0 Å². The Morgan fingerprint density at radius 1 is 1.07 bits per heavy atom. The zero-order valence-corrected chi connectivity index (χ0v) is 18.6. The minimum absolute atomic E-state index is 0.0405. The van der Waals surface area contributed by atoms with Crippen molar-refractivity contribution >= 4 is 21.6 Å². The van der Waals surface area contributed by atoms with Gasteiger partial charge in [0.2, 0.25) is 15.9 Å². The van der Waals surface area contributed by atoms with Crippen molar-refractivity contribution in [3.8, 4) is 5.75 Å². The van der Waals surface area contributed by atoms with Crippen LogP contribution in [-0.4, -0.2) is 27.0 Å². The molecule has 0 atom stereocenters. The molecule has 1 aliphatic carbocycles. The minimum Gasteiger partial charge on any atom is -0.491 e. The number of benzene rings is 2. The van der Waals surface area contributed by atoms with Crippen LogP contribution in [0.5, 0.6) is 5.75 Å². The molecule has 1 amide bonds. The third-order valence-corrected chi connectivity index (χ3v) is 6.58. The molecule has 3 rings (SSSR count). The number of aryl methyl sites for hydroxylation is 3. The highest BCUT2D eigenvalue weighted by Gasteiger charge is 2.18. The van der Waals surface area contributed by atoms with Crippen molar-refractivity contribution in [1.82, 2.24) is 4.72 Å². The Bertz CT molecular complexity index is 1020. The molecule has 0 bridgehead atoms. The van der Waals surface area contributed by atoms with E-state index in [1.807, 2.05) is 32.9 Å². The Labute approximate surface area is 179 Å². The van der Waals surface area contributed by atoms with E-state index in [4.69, 9.17) is 4.74 Å². The molecule has 0 heterocycles. The average molecular weight is 431 g/mol. The molecule has 2 aromatic carbocycles. The summed E-state index contributed by atoms with van der Waals surface area (Å²) in [6.45, 7) is 5.84. The number of carbonyl (C=O) groups is 1. The van der Waals surface area contributed by atoms with Crippen molar-refractivity contribution in [3.05, 3.63) is 53.1 Å². The lowest BCUT2D eigenvalue weighted by Gasteiger charge is -2.17. The summed E-state index contributed by atoms with van der Waals surface area (Å²) in [6.07, 6.45) is 4.30. The van der Waals surface area contributed by atoms with Crippen molar-refractivity contribution in [2.24, 2.45) is 0 Å². The van der Waals surface area contributed by atoms with Gasteiger partial charge < -0.3 is 10.1 Å². The Morgan fingerprint density at radius 3 is 2.50 bits per heavy atom. The van der Waals surface area contributed by atoms with Gasteiger partial charge in [-0.1, -0.05) is 6.07 Å². The topological polar surface area (TPSA) is 84.5 Å². The van der Waals surface area contributed by atoms with Gasteiger partial charge in [-0.15, -0.1) is 0 Å². The van der Waals surface area contributed by atoms with Crippen LogP contribution in [0.15, 0.2) is 41.3 Å². The van der Waals surface area contributed by atoms with Crippen molar-refractivity contribution in [2.45, 2.75) is 63.9 Å². The van der Waals surface area contributed by atoms with E-state index < -0.39 is 10.0 Å². The van der Waals surface area contributed by atoms with Crippen LogP contribution in [-0.2, 0) is 27.7 Å². The van der Waals surface area contributed by atoms with Crippen molar-refractivity contribution < 1.29 is 17.9 Å². The Morgan fingerprint density at radius 2 is 1.80 bits per heavy atom. The number of anilines is 1. The van der Waals surface area contributed by atoms with E-state index in [1.165, 1.54) is 5.56 Å². The second kappa shape index (κ2) is 9.62. The summed E-state index contributed by atoms with van der Waals surface area (Å²) >= 11 is 0. The quantitative estimate of drug-likeness (QED) is 0.664. The Kier molecular flexibility index (Phi) is 7.15. The molecule has 1 aliphatic rings. The highest BCUT2D eigenvalue weighted by atomic mass is 32.2. The molecule has 0 aromatic heterocycles. The number of rotatable bonds is 8. The van der Waals surface area contributed by atoms with Gasteiger partial charge in [-0.2, -0.15) is 0 Å². The smallest absolute Gasteiger partial charge is 0.240 e. The van der Waals surface area contributed by atoms with Crippen LogP contribution < -0.4 is 14.8 Å². The number of hydrogen-bond donors (Lipinski definition) is 2. The summed E-state index contributed by atoms with van der Waals surface area (Å²) in [5, 5.41) is 2.83. The largest absolute Gasteiger partial charge is 0.491 e. The molecule has 7 heteroatoms. The Hall–Kier alpha value is -2.38. The summed E-state index contributed by atoms with van der Waals surface area (Å²) in [4.78, 5) is 12.5. The van der Waals surface area contributed by atoms with Crippen LogP contribution >= 0.6 is 0 Å². The number of sulfonamides is 1. The van der Waals surface area contributed by atoms with Crippen LogP contribution in [0.3, 0.4) is 0 Å². The van der Waals surface area contributed by atoms with E-state index in [0.29, 0.717) is 5.69 Å². The number of fused-ring (bicyclic) bond motifs is 1. The lowest BCUT2D eigenvalue weighted by molar-refractivity contribution is -0.116. The normalized spacial score (nSPS) is 13.7. The van der Waals surface area contributed by atoms with Gasteiger partial charge in [0, 0.05) is 18.7 Å². The highest BCUT2D eigenvalue weighted by molar-refractivity contribution is 7.89. The molecule has 30 heavy (non-hydrogen) atoms. The molecular formula is C23H30N2O4S. The monoisotopic (exact) mass is 430 g/mol. The molecule has 0 aliphatic heterocycles. The number of amides is 1. The summed E-state index contributed by atoms with van der Waals surface area (Å²) < 4.78 is 33.3. The zero-order valence-electron chi connectivity index (χ0n) is 17.8. The van der Waals surface area contributed by atoms with Crippen LogP contribution in [0, 0.1) is 6.92 Å². The van der Waals surface area contributed by atoms with Gasteiger partial charge in [0.05, 0.1) is 11.0 Å². The number of nitrogens with one attached hydrogen (secondary N) is 2. The first-order valence-electron chi connectivity index (χ1n) is 10.4. The zero-order chi connectivity index (χ0) is 21.7. The summed E-state index contributed by atoms with van der Waals surface area (Å²) in [7, 11) is -3.63. The second-order valence-corrected chi connectivity index (χ2v) is 9.74. The number of ether oxygens (including phenoxy) is 1. The molecule has 0 saturated carbocycles. The van der Waals surface area contributed by atoms with Crippen molar-refractivity contribution in [1.29, 1.82) is 0 Å². The second-order valence-electron chi connectivity index (χ2n) is 7.98. The molecule has 0 unspecified atom stereocenters. The van der Waals surface area contributed by atoms with E-state index in [-0.39, 0.29) is 29.9 Å². The molecule has 0 spiro atoms. The summed E-state index contributed by atoms with van der Waals surface area (Å²) in [5.41, 5.74) is 3.92. The maximum Gasteiger partial charge on any atom is 0.240 e. The minimum atomic E-state index is -3.63. The van der Waals surface area contributed by atoms with Gasteiger partial charge in [-0.3, -0.25) is 4.79 Å². The van der Waals surface area contributed by atoms with Gasteiger partial charge in [-0.05, 0) is 93.5 Å². The standard InChI is InChI=1S/C23H30N2O4S/c1-16(2)29-20-9-11-22(17(3)14-20)25-23(26)12-13-24-30(27,28)21-10-8-18-6-4-5-7-19(18)15-21/h8-11,14-16,24H,4-7,12-13H2,1-3H3,(H,25,26). The van der Waals surface area contributed by atoms with Gasteiger partial charge in [-0.25, -0.2) is 13.1 Å². The molecule has 2 aromatic rings. The molecule has 2 N–H and O–H groups in total. The predicted molar refractivity (Wildman–Crippen MR) is 118 cm³/mol. The molecule has 0 radical (unpaired) electrons. The average Bonchev–Trinajstić information content (AvgIpc) is 2.69. The lowest BCUT2D eigenvalue weighted by Crippen LogP contribution is -2.28. The number of hydrogen-bond acceptors (Lipinski definition) is 4.